The Morgan fingerprint density at radius 3 is 2.95 bits per heavy atom. The van der Waals surface area contributed by atoms with E-state index in [1.54, 1.807) is 0 Å². The molecule has 2 heterocycles. The average molecular weight is 273 g/mol. The summed E-state index contributed by atoms with van der Waals surface area (Å²) in [6, 6.07) is 6.09. The van der Waals surface area contributed by atoms with Crippen molar-refractivity contribution in [3.8, 4) is 0 Å². The van der Waals surface area contributed by atoms with Crippen LogP contribution in [0.1, 0.15) is 34.3 Å². The van der Waals surface area contributed by atoms with Crippen molar-refractivity contribution in [1.29, 1.82) is 0 Å². The zero-order valence-electron chi connectivity index (χ0n) is 12.0. The first kappa shape index (κ1) is 13.6. The third-order valence-corrected chi connectivity index (χ3v) is 4.27. The molecule has 0 bridgehead atoms. The minimum Gasteiger partial charge on any atom is -0.351 e. The van der Waals surface area contributed by atoms with Crippen LogP contribution < -0.4 is 10.6 Å². The van der Waals surface area contributed by atoms with E-state index < -0.39 is 0 Å². The van der Waals surface area contributed by atoms with Crippen LogP contribution >= 0.6 is 0 Å². The summed E-state index contributed by atoms with van der Waals surface area (Å²) in [4.78, 5) is 14.6. The first-order chi connectivity index (χ1) is 9.83. The number of carbonyl (C=O) groups is 1. The Morgan fingerprint density at radius 2 is 2.10 bits per heavy atom. The van der Waals surface area contributed by atoms with Crippen molar-refractivity contribution in [1.82, 2.24) is 15.5 Å². The topological polar surface area (TPSA) is 44.4 Å². The molecule has 0 aliphatic carbocycles. The summed E-state index contributed by atoms with van der Waals surface area (Å²) in [5, 5.41) is 6.38. The smallest absolute Gasteiger partial charge is 0.251 e. The lowest BCUT2D eigenvalue weighted by Gasteiger charge is -2.18. The quantitative estimate of drug-likeness (QED) is 0.865. The van der Waals surface area contributed by atoms with Crippen LogP contribution in [0.4, 0.5) is 0 Å². The van der Waals surface area contributed by atoms with Crippen LogP contribution in [0.3, 0.4) is 0 Å². The number of fused-ring (bicyclic) bond motifs is 1. The van der Waals surface area contributed by atoms with Crippen LogP contribution in [0.2, 0.25) is 0 Å². The summed E-state index contributed by atoms with van der Waals surface area (Å²) >= 11 is 0. The highest BCUT2D eigenvalue weighted by molar-refractivity contribution is 5.94. The molecule has 0 aromatic heterocycles. The van der Waals surface area contributed by atoms with Crippen molar-refractivity contribution >= 4 is 5.91 Å². The lowest BCUT2D eigenvalue weighted by Crippen LogP contribution is -2.33. The summed E-state index contributed by atoms with van der Waals surface area (Å²) in [5.41, 5.74) is 3.43. The number of benzene rings is 1. The number of hydrogen-bond acceptors (Lipinski definition) is 3. The van der Waals surface area contributed by atoms with Gasteiger partial charge in [-0.1, -0.05) is 6.07 Å². The Morgan fingerprint density at radius 1 is 1.25 bits per heavy atom. The van der Waals surface area contributed by atoms with Crippen LogP contribution in [-0.2, 0) is 13.0 Å². The molecule has 1 aromatic rings. The Kier molecular flexibility index (Phi) is 4.33. The normalized spacial score (nSPS) is 18.8. The number of likely N-dealkylation sites (tertiary alicyclic amines) is 1. The summed E-state index contributed by atoms with van der Waals surface area (Å²) in [7, 11) is 0. The molecule has 1 fully saturated rings. The van der Waals surface area contributed by atoms with Crippen molar-refractivity contribution in [2.24, 2.45) is 0 Å². The van der Waals surface area contributed by atoms with E-state index >= 15 is 0 Å². The van der Waals surface area contributed by atoms with Crippen LogP contribution in [0, 0.1) is 0 Å². The molecule has 4 nitrogen and oxygen atoms in total. The van der Waals surface area contributed by atoms with Gasteiger partial charge in [-0.05, 0) is 62.2 Å². The molecule has 1 aromatic carbocycles. The van der Waals surface area contributed by atoms with Gasteiger partial charge in [-0.15, -0.1) is 0 Å². The number of nitrogens with one attached hydrogen (secondary N) is 2. The first-order valence-corrected chi connectivity index (χ1v) is 7.66. The number of carbonyl (C=O) groups excluding carboxylic acids is 1. The van der Waals surface area contributed by atoms with Gasteiger partial charge in [0.15, 0.2) is 0 Å². The SMILES string of the molecule is O=C(NCCN1CCCC1)c1ccc2c(c1)CNCC2. The molecule has 1 saturated heterocycles. The van der Waals surface area contributed by atoms with Crippen molar-refractivity contribution in [2.75, 3.05) is 32.7 Å². The molecule has 20 heavy (non-hydrogen) atoms. The Labute approximate surface area is 120 Å². The molecule has 2 aliphatic heterocycles. The predicted molar refractivity (Wildman–Crippen MR) is 79.9 cm³/mol. The molecule has 3 rings (SSSR count). The van der Waals surface area contributed by atoms with Gasteiger partial charge in [-0.2, -0.15) is 0 Å². The average Bonchev–Trinajstić information content (AvgIpc) is 3.00. The molecule has 0 spiro atoms. The molecule has 4 heteroatoms. The third-order valence-electron chi connectivity index (χ3n) is 4.27. The third kappa shape index (κ3) is 3.19. The fourth-order valence-corrected chi connectivity index (χ4v) is 3.06. The van der Waals surface area contributed by atoms with E-state index in [2.05, 4.69) is 21.6 Å². The minimum atomic E-state index is 0.0533. The van der Waals surface area contributed by atoms with Crippen molar-refractivity contribution in [3.05, 3.63) is 34.9 Å². The maximum atomic E-state index is 12.2. The van der Waals surface area contributed by atoms with E-state index in [0.29, 0.717) is 0 Å². The van der Waals surface area contributed by atoms with Crippen molar-refractivity contribution in [2.45, 2.75) is 25.8 Å². The molecule has 108 valence electrons. The Balaban J connectivity index is 1.53. The van der Waals surface area contributed by atoms with E-state index in [4.69, 9.17) is 0 Å². The summed E-state index contributed by atoms with van der Waals surface area (Å²) in [6.07, 6.45) is 3.66. The van der Waals surface area contributed by atoms with Crippen LogP contribution in [-0.4, -0.2) is 43.5 Å². The standard InChI is InChI=1S/C16H23N3O/c20-16(18-7-10-19-8-1-2-9-19)14-4-3-13-5-6-17-12-15(13)11-14/h3-4,11,17H,1-2,5-10,12H2,(H,18,20). The monoisotopic (exact) mass is 273 g/mol. The van der Waals surface area contributed by atoms with Gasteiger partial charge >= 0.3 is 0 Å². The fourth-order valence-electron chi connectivity index (χ4n) is 3.06. The number of hydrogen-bond donors (Lipinski definition) is 2. The maximum Gasteiger partial charge on any atom is 0.251 e. The van der Waals surface area contributed by atoms with E-state index in [1.165, 1.54) is 37.1 Å². The Bertz CT molecular complexity index is 481. The van der Waals surface area contributed by atoms with Gasteiger partial charge in [-0.3, -0.25) is 4.79 Å². The van der Waals surface area contributed by atoms with Gasteiger partial charge < -0.3 is 15.5 Å². The fraction of sp³-hybridized carbons (Fsp3) is 0.562. The second-order valence-electron chi connectivity index (χ2n) is 5.71. The summed E-state index contributed by atoms with van der Waals surface area (Å²) < 4.78 is 0. The zero-order chi connectivity index (χ0) is 13.8. The van der Waals surface area contributed by atoms with Gasteiger partial charge in [-0.25, -0.2) is 0 Å². The van der Waals surface area contributed by atoms with E-state index in [0.717, 1.165) is 38.2 Å². The molecular formula is C16H23N3O. The minimum absolute atomic E-state index is 0.0533. The molecular weight excluding hydrogens is 250 g/mol. The number of amides is 1. The largest absolute Gasteiger partial charge is 0.351 e. The van der Waals surface area contributed by atoms with E-state index in [-0.39, 0.29) is 5.91 Å². The van der Waals surface area contributed by atoms with Gasteiger partial charge in [0.05, 0.1) is 0 Å². The molecule has 1 amide bonds. The van der Waals surface area contributed by atoms with Crippen LogP contribution in [0.15, 0.2) is 18.2 Å². The molecule has 0 saturated carbocycles. The molecule has 0 unspecified atom stereocenters. The van der Waals surface area contributed by atoms with Gasteiger partial charge in [0.1, 0.15) is 0 Å². The molecule has 2 N–H and O–H groups in total. The highest BCUT2D eigenvalue weighted by atomic mass is 16.1. The number of nitrogens with zero attached hydrogens (tertiary/aromatic N) is 1. The second-order valence-corrected chi connectivity index (χ2v) is 5.71. The second kappa shape index (κ2) is 6.37. The predicted octanol–water partition coefficient (Wildman–Crippen LogP) is 1.16. The summed E-state index contributed by atoms with van der Waals surface area (Å²) in [5.74, 6) is 0.0533. The van der Waals surface area contributed by atoms with Gasteiger partial charge in [0.25, 0.3) is 5.91 Å². The maximum absolute atomic E-state index is 12.2. The summed E-state index contributed by atoms with van der Waals surface area (Å²) in [6.45, 7) is 5.99. The molecule has 0 atom stereocenters. The molecule has 2 aliphatic rings. The first-order valence-electron chi connectivity index (χ1n) is 7.66. The lowest BCUT2D eigenvalue weighted by molar-refractivity contribution is 0.0949. The van der Waals surface area contributed by atoms with E-state index in [9.17, 15) is 4.79 Å². The Hall–Kier alpha value is -1.39. The lowest BCUT2D eigenvalue weighted by atomic mass is 9.98. The highest BCUT2D eigenvalue weighted by Crippen LogP contribution is 2.15. The van der Waals surface area contributed by atoms with Crippen LogP contribution in [0.25, 0.3) is 0 Å². The zero-order valence-corrected chi connectivity index (χ0v) is 12.0. The number of rotatable bonds is 4. The van der Waals surface area contributed by atoms with Crippen molar-refractivity contribution < 1.29 is 4.79 Å². The van der Waals surface area contributed by atoms with Crippen molar-refractivity contribution in [3.63, 3.8) is 0 Å². The van der Waals surface area contributed by atoms with Gasteiger partial charge in [0, 0.05) is 25.2 Å². The molecule has 0 radical (unpaired) electrons. The van der Waals surface area contributed by atoms with Crippen LogP contribution in [0.5, 0.6) is 0 Å². The van der Waals surface area contributed by atoms with E-state index in [1.807, 2.05) is 12.1 Å². The van der Waals surface area contributed by atoms with Gasteiger partial charge in [0.2, 0.25) is 0 Å². The highest BCUT2D eigenvalue weighted by Gasteiger charge is 2.14.